The van der Waals surface area contributed by atoms with Crippen molar-refractivity contribution >= 4 is 46.2 Å². The summed E-state index contributed by atoms with van der Waals surface area (Å²) >= 11 is 7.33. The summed E-state index contributed by atoms with van der Waals surface area (Å²) < 4.78 is 44.3. The topological polar surface area (TPSA) is 46.5 Å². The van der Waals surface area contributed by atoms with Gasteiger partial charge in [-0.15, -0.1) is 0 Å². The van der Waals surface area contributed by atoms with Gasteiger partial charge in [-0.3, -0.25) is 0 Å². The fourth-order valence-corrected chi connectivity index (χ4v) is 2.32. The van der Waals surface area contributed by atoms with E-state index in [1.165, 1.54) is 18.2 Å². The molecule has 0 bridgehead atoms. The van der Waals surface area contributed by atoms with Crippen molar-refractivity contribution < 1.29 is 27.8 Å². The van der Waals surface area contributed by atoms with Gasteiger partial charge in [0.25, 0.3) is 0 Å². The van der Waals surface area contributed by atoms with Crippen LogP contribution >= 0.6 is 34.2 Å². The molecule has 1 aliphatic rings. The number of carbonyl (C=O) groups is 1. The summed E-state index contributed by atoms with van der Waals surface area (Å²) in [6.45, 7) is 0. The number of ether oxygens (including phenoxy) is 1. The molecule has 2 rings (SSSR count). The molecular weight excluding hydrogens is 399 g/mol. The number of fused-ring (bicyclic) bond motifs is 1. The summed E-state index contributed by atoms with van der Waals surface area (Å²) in [6, 6.07) is 4.35. The number of carboxylic acids is 1. The molecule has 0 aliphatic carbocycles. The first-order chi connectivity index (χ1) is 8.65. The maximum atomic E-state index is 12.9. The first-order valence-electron chi connectivity index (χ1n) is 4.85. The molecule has 0 radical (unpaired) electrons. The molecule has 0 spiro atoms. The second-order valence-electron chi connectivity index (χ2n) is 3.74. The first-order valence-corrected chi connectivity index (χ1v) is 6.30. The maximum absolute atomic E-state index is 12.9. The zero-order valence-electron chi connectivity index (χ0n) is 8.96. The van der Waals surface area contributed by atoms with Crippen LogP contribution in [0, 0.1) is 3.57 Å². The third-order valence-electron chi connectivity index (χ3n) is 2.46. The lowest BCUT2D eigenvalue weighted by Gasteiger charge is -2.34. The normalized spacial score (nSPS) is 22.3. The molecular formula is C11H5ClF3IO3. The third-order valence-corrected chi connectivity index (χ3v) is 3.63. The van der Waals surface area contributed by atoms with Crippen LogP contribution in [0.25, 0.3) is 6.08 Å². The van der Waals surface area contributed by atoms with E-state index in [1.807, 2.05) is 22.6 Å². The lowest BCUT2D eigenvalue weighted by molar-refractivity contribution is -0.204. The molecule has 3 nitrogen and oxygen atoms in total. The van der Waals surface area contributed by atoms with Crippen molar-refractivity contribution in [1.29, 1.82) is 0 Å². The fraction of sp³-hybridized carbons (Fsp3) is 0.182. The molecule has 1 aliphatic heterocycles. The Hall–Kier alpha value is -0.960. The smallest absolute Gasteiger partial charge is 0.448 e. The molecule has 1 N–H and O–H groups in total. The van der Waals surface area contributed by atoms with Gasteiger partial charge in [-0.25, -0.2) is 4.79 Å². The van der Waals surface area contributed by atoms with Gasteiger partial charge < -0.3 is 9.84 Å². The lowest BCUT2D eigenvalue weighted by atomic mass is 10.0. The van der Waals surface area contributed by atoms with Gasteiger partial charge in [-0.2, -0.15) is 13.2 Å². The Kier molecular flexibility index (Phi) is 3.46. The molecule has 0 saturated heterocycles. The van der Waals surface area contributed by atoms with Gasteiger partial charge in [0, 0.05) is 9.13 Å². The van der Waals surface area contributed by atoms with Crippen molar-refractivity contribution in [2.24, 2.45) is 0 Å². The Balaban J connectivity index is 2.65. The quantitative estimate of drug-likeness (QED) is 0.574. The Labute approximate surface area is 124 Å². The van der Waals surface area contributed by atoms with Crippen LogP contribution in [-0.4, -0.2) is 22.3 Å². The summed E-state index contributed by atoms with van der Waals surface area (Å²) in [5.74, 6) is -1.89. The number of alkyl halides is 4. The molecule has 1 heterocycles. The number of carboxylic acid groups (broad SMARTS) is 1. The van der Waals surface area contributed by atoms with Crippen LogP contribution in [0.15, 0.2) is 23.8 Å². The van der Waals surface area contributed by atoms with Gasteiger partial charge in [0.15, 0.2) is 0 Å². The average Bonchev–Trinajstić information content (AvgIpc) is 2.27. The highest BCUT2D eigenvalue weighted by atomic mass is 127. The Bertz CT molecular complexity index is 585. The van der Waals surface area contributed by atoms with E-state index in [9.17, 15) is 18.0 Å². The van der Waals surface area contributed by atoms with Crippen molar-refractivity contribution in [3.63, 3.8) is 0 Å². The molecule has 0 saturated carbocycles. The Morgan fingerprint density at radius 1 is 1.42 bits per heavy atom. The summed E-state index contributed by atoms with van der Waals surface area (Å²) in [5, 5.41) is 5.52. The van der Waals surface area contributed by atoms with Crippen molar-refractivity contribution in [3.05, 3.63) is 32.9 Å². The SMILES string of the molecule is O=C(O)C1=Cc2cc(I)ccc2OC1(Cl)C(F)(F)F. The van der Waals surface area contributed by atoms with E-state index in [0.29, 0.717) is 0 Å². The number of hydrogen-bond donors (Lipinski definition) is 1. The zero-order valence-corrected chi connectivity index (χ0v) is 11.9. The highest BCUT2D eigenvalue weighted by molar-refractivity contribution is 14.1. The van der Waals surface area contributed by atoms with Crippen LogP contribution in [0.5, 0.6) is 5.75 Å². The average molecular weight is 405 g/mol. The first kappa shape index (κ1) is 14.4. The molecule has 8 heteroatoms. The van der Waals surface area contributed by atoms with Crippen LogP contribution in [0.4, 0.5) is 13.2 Å². The van der Waals surface area contributed by atoms with Crippen molar-refractivity contribution in [2.75, 3.05) is 0 Å². The summed E-state index contributed by atoms with van der Waals surface area (Å²) in [5.41, 5.74) is -0.819. The van der Waals surface area contributed by atoms with E-state index < -0.39 is 22.8 Å². The number of rotatable bonds is 1. The third kappa shape index (κ3) is 2.40. The predicted molar refractivity (Wildman–Crippen MR) is 70.0 cm³/mol. The van der Waals surface area contributed by atoms with Gasteiger partial charge >= 0.3 is 17.2 Å². The van der Waals surface area contributed by atoms with E-state index in [2.05, 4.69) is 0 Å². The minimum absolute atomic E-state index is 0.113. The van der Waals surface area contributed by atoms with Gasteiger partial charge in [-0.05, 0) is 46.9 Å². The molecule has 1 aromatic rings. The zero-order chi connectivity index (χ0) is 14.4. The monoisotopic (exact) mass is 404 g/mol. The summed E-state index contributed by atoms with van der Waals surface area (Å²) in [6.07, 6.45) is -4.18. The lowest BCUT2D eigenvalue weighted by Crippen LogP contribution is -2.50. The van der Waals surface area contributed by atoms with Gasteiger partial charge in [0.2, 0.25) is 0 Å². The van der Waals surface area contributed by atoms with E-state index in [-0.39, 0.29) is 11.3 Å². The van der Waals surface area contributed by atoms with Gasteiger partial charge in [0.1, 0.15) is 11.3 Å². The van der Waals surface area contributed by atoms with E-state index in [4.69, 9.17) is 21.4 Å². The molecule has 0 aromatic heterocycles. The molecule has 1 aromatic carbocycles. The molecule has 19 heavy (non-hydrogen) atoms. The van der Waals surface area contributed by atoms with Crippen molar-refractivity contribution in [3.8, 4) is 5.75 Å². The highest BCUT2D eigenvalue weighted by Crippen LogP contribution is 2.48. The van der Waals surface area contributed by atoms with Crippen LogP contribution < -0.4 is 4.74 Å². The van der Waals surface area contributed by atoms with E-state index >= 15 is 0 Å². The minimum atomic E-state index is -5.06. The minimum Gasteiger partial charge on any atom is -0.478 e. The van der Waals surface area contributed by atoms with Crippen LogP contribution in [0.1, 0.15) is 5.56 Å². The Morgan fingerprint density at radius 3 is 2.58 bits per heavy atom. The number of hydrogen-bond acceptors (Lipinski definition) is 2. The number of aliphatic carboxylic acids is 1. The van der Waals surface area contributed by atoms with Gasteiger partial charge in [0.05, 0.1) is 0 Å². The molecule has 102 valence electrons. The fourth-order valence-electron chi connectivity index (χ4n) is 1.59. The number of benzene rings is 1. The van der Waals surface area contributed by atoms with Crippen LogP contribution in [0.2, 0.25) is 0 Å². The summed E-state index contributed by atoms with van der Waals surface area (Å²) in [4.78, 5) is 11.0. The number of halogens is 5. The molecule has 0 amide bonds. The van der Waals surface area contributed by atoms with E-state index in [0.717, 1.165) is 9.65 Å². The largest absolute Gasteiger partial charge is 0.478 e. The van der Waals surface area contributed by atoms with Crippen LogP contribution in [0.3, 0.4) is 0 Å². The summed E-state index contributed by atoms with van der Waals surface area (Å²) in [7, 11) is 0. The second kappa shape index (κ2) is 4.55. The van der Waals surface area contributed by atoms with Crippen molar-refractivity contribution in [1.82, 2.24) is 0 Å². The molecule has 0 fully saturated rings. The van der Waals surface area contributed by atoms with Crippen molar-refractivity contribution in [2.45, 2.75) is 11.2 Å². The maximum Gasteiger partial charge on any atom is 0.448 e. The Morgan fingerprint density at radius 2 is 2.05 bits per heavy atom. The van der Waals surface area contributed by atoms with Crippen LogP contribution in [-0.2, 0) is 4.79 Å². The molecule has 1 atom stereocenters. The van der Waals surface area contributed by atoms with Gasteiger partial charge in [-0.1, -0.05) is 11.6 Å². The van der Waals surface area contributed by atoms with E-state index in [1.54, 1.807) is 0 Å². The molecule has 1 unspecified atom stereocenters. The second-order valence-corrected chi connectivity index (χ2v) is 5.52. The predicted octanol–water partition coefficient (Wildman–Crippen LogP) is 3.65. The highest BCUT2D eigenvalue weighted by Gasteiger charge is 2.62. The standard InChI is InChI=1S/C11H5ClF3IO3/c12-10(11(13,14)15)7(9(17)18)4-5-3-6(16)1-2-8(5)19-10/h1-4H,(H,17,18).